The third-order valence-electron chi connectivity index (χ3n) is 3.12. The van der Waals surface area contributed by atoms with Crippen molar-refractivity contribution >= 4 is 0 Å². The number of hydrogen-bond acceptors (Lipinski definition) is 2. The van der Waals surface area contributed by atoms with Gasteiger partial charge in [0.05, 0.1) is 6.61 Å². The Hall–Kier alpha value is -0.0800. The molecular weight excluding hydrogens is 198 g/mol. The van der Waals surface area contributed by atoms with Gasteiger partial charge >= 0.3 is 0 Å². The van der Waals surface area contributed by atoms with Crippen molar-refractivity contribution < 1.29 is 5.11 Å². The first-order chi connectivity index (χ1) is 7.54. The van der Waals surface area contributed by atoms with Crippen molar-refractivity contribution in [1.82, 2.24) is 5.32 Å². The predicted octanol–water partition coefficient (Wildman–Crippen LogP) is 3.34. The molecule has 2 nitrogen and oxygen atoms in total. The number of hydrogen-bond donors (Lipinski definition) is 2. The lowest BCUT2D eigenvalue weighted by molar-refractivity contribution is 0.159. The first kappa shape index (κ1) is 15.9. The number of nitrogens with one attached hydrogen (secondary N) is 1. The zero-order valence-corrected chi connectivity index (χ0v) is 11.7. The number of unbranched alkanes of at least 4 members (excludes halogenated alkanes) is 4. The van der Waals surface area contributed by atoms with Crippen LogP contribution in [-0.4, -0.2) is 23.8 Å². The van der Waals surface area contributed by atoms with Crippen molar-refractivity contribution in [2.45, 2.75) is 71.8 Å². The van der Waals surface area contributed by atoms with Crippen LogP contribution in [0.3, 0.4) is 0 Å². The fourth-order valence-electron chi connectivity index (χ4n) is 1.79. The SMILES string of the molecule is CCCCCCCC(C)(CO)NCC(C)C. The van der Waals surface area contributed by atoms with E-state index in [1.807, 2.05) is 0 Å². The summed E-state index contributed by atoms with van der Waals surface area (Å²) in [5.74, 6) is 0.644. The summed E-state index contributed by atoms with van der Waals surface area (Å²) in [7, 11) is 0. The van der Waals surface area contributed by atoms with E-state index in [-0.39, 0.29) is 12.1 Å². The van der Waals surface area contributed by atoms with Gasteiger partial charge in [0, 0.05) is 5.54 Å². The molecule has 0 saturated heterocycles. The molecule has 0 aliphatic heterocycles. The highest BCUT2D eigenvalue weighted by Gasteiger charge is 2.21. The van der Waals surface area contributed by atoms with Gasteiger partial charge in [0.25, 0.3) is 0 Å². The minimum Gasteiger partial charge on any atom is -0.394 e. The predicted molar refractivity (Wildman–Crippen MR) is 71.7 cm³/mol. The van der Waals surface area contributed by atoms with Crippen LogP contribution in [0.2, 0.25) is 0 Å². The Kier molecular flexibility index (Phi) is 8.96. The van der Waals surface area contributed by atoms with Crippen LogP contribution in [0, 0.1) is 5.92 Å². The summed E-state index contributed by atoms with van der Waals surface area (Å²) in [4.78, 5) is 0. The van der Waals surface area contributed by atoms with E-state index in [0.29, 0.717) is 5.92 Å². The Morgan fingerprint density at radius 3 is 2.25 bits per heavy atom. The molecule has 1 atom stereocenters. The molecular formula is C14H31NO. The van der Waals surface area contributed by atoms with Gasteiger partial charge in [-0.2, -0.15) is 0 Å². The lowest BCUT2D eigenvalue weighted by atomic mass is 9.94. The molecule has 0 fully saturated rings. The molecule has 2 heteroatoms. The molecule has 0 aliphatic rings. The Morgan fingerprint density at radius 1 is 1.12 bits per heavy atom. The van der Waals surface area contributed by atoms with Crippen LogP contribution in [0.1, 0.15) is 66.2 Å². The average molecular weight is 229 g/mol. The second kappa shape index (κ2) is 9.00. The van der Waals surface area contributed by atoms with Gasteiger partial charge in [-0.25, -0.2) is 0 Å². The third-order valence-corrected chi connectivity index (χ3v) is 3.12. The summed E-state index contributed by atoms with van der Waals surface area (Å²) >= 11 is 0. The molecule has 0 radical (unpaired) electrons. The van der Waals surface area contributed by atoms with Crippen LogP contribution in [-0.2, 0) is 0 Å². The van der Waals surface area contributed by atoms with Gasteiger partial charge in [-0.05, 0) is 25.8 Å². The van der Waals surface area contributed by atoms with Gasteiger partial charge in [0.1, 0.15) is 0 Å². The molecule has 0 aromatic rings. The molecule has 1 unspecified atom stereocenters. The van der Waals surface area contributed by atoms with E-state index in [1.165, 1.54) is 32.1 Å². The summed E-state index contributed by atoms with van der Waals surface area (Å²) in [5, 5.41) is 12.9. The van der Waals surface area contributed by atoms with Crippen molar-refractivity contribution in [3.8, 4) is 0 Å². The Labute approximate surface area is 102 Å². The fraction of sp³-hybridized carbons (Fsp3) is 1.00. The Balaban J connectivity index is 3.69. The standard InChI is InChI=1S/C14H31NO/c1-5-6-7-8-9-10-14(4,12-16)15-11-13(2)3/h13,15-16H,5-12H2,1-4H3. The fourth-order valence-corrected chi connectivity index (χ4v) is 1.79. The average Bonchev–Trinajstić information content (AvgIpc) is 2.26. The van der Waals surface area contributed by atoms with Gasteiger partial charge in [0.15, 0.2) is 0 Å². The van der Waals surface area contributed by atoms with Crippen molar-refractivity contribution in [2.24, 2.45) is 5.92 Å². The van der Waals surface area contributed by atoms with E-state index in [0.717, 1.165) is 13.0 Å². The van der Waals surface area contributed by atoms with E-state index in [1.54, 1.807) is 0 Å². The van der Waals surface area contributed by atoms with E-state index in [4.69, 9.17) is 0 Å². The first-order valence-electron chi connectivity index (χ1n) is 6.90. The zero-order valence-electron chi connectivity index (χ0n) is 11.7. The monoisotopic (exact) mass is 229 g/mol. The van der Waals surface area contributed by atoms with E-state index in [9.17, 15) is 5.11 Å². The van der Waals surface area contributed by atoms with Gasteiger partial charge in [-0.3, -0.25) is 0 Å². The highest BCUT2D eigenvalue weighted by atomic mass is 16.3. The smallest absolute Gasteiger partial charge is 0.0610 e. The lowest BCUT2D eigenvalue weighted by Gasteiger charge is -2.30. The Bertz CT molecular complexity index is 159. The van der Waals surface area contributed by atoms with E-state index >= 15 is 0 Å². The summed E-state index contributed by atoms with van der Waals surface area (Å²) in [6.45, 7) is 10.0. The zero-order chi connectivity index (χ0) is 12.4. The molecule has 0 heterocycles. The highest BCUT2D eigenvalue weighted by molar-refractivity contribution is 4.82. The third kappa shape index (κ3) is 8.12. The minimum absolute atomic E-state index is 0.0729. The van der Waals surface area contributed by atoms with E-state index in [2.05, 4.69) is 33.0 Å². The molecule has 0 spiro atoms. The second-order valence-corrected chi connectivity index (χ2v) is 5.66. The molecule has 0 aromatic heterocycles. The minimum atomic E-state index is -0.0729. The van der Waals surface area contributed by atoms with Crippen molar-refractivity contribution in [2.75, 3.05) is 13.2 Å². The first-order valence-corrected chi connectivity index (χ1v) is 6.90. The van der Waals surface area contributed by atoms with Gasteiger partial charge in [0.2, 0.25) is 0 Å². The van der Waals surface area contributed by atoms with Crippen molar-refractivity contribution in [1.29, 1.82) is 0 Å². The second-order valence-electron chi connectivity index (χ2n) is 5.66. The summed E-state index contributed by atoms with van der Waals surface area (Å²) in [5.41, 5.74) is -0.0729. The number of aliphatic hydroxyl groups is 1. The van der Waals surface area contributed by atoms with Gasteiger partial charge in [-0.15, -0.1) is 0 Å². The van der Waals surface area contributed by atoms with Crippen molar-refractivity contribution in [3.05, 3.63) is 0 Å². The van der Waals surface area contributed by atoms with Crippen LogP contribution in [0.5, 0.6) is 0 Å². The highest BCUT2D eigenvalue weighted by Crippen LogP contribution is 2.15. The molecule has 2 N–H and O–H groups in total. The van der Waals surface area contributed by atoms with Crippen LogP contribution < -0.4 is 5.32 Å². The largest absolute Gasteiger partial charge is 0.394 e. The van der Waals surface area contributed by atoms with Gasteiger partial charge in [-0.1, -0.05) is 52.9 Å². The lowest BCUT2D eigenvalue weighted by Crippen LogP contribution is -2.47. The van der Waals surface area contributed by atoms with E-state index < -0.39 is 0 Å². The molecule has 0 aromatic carbocycles. The topological polar surface area (TPSA) is 32.3 Å². The molecule has 98 valence electrons. The summed E-state index contributed by atoms with van der Waals surface area (Å²) < 4.78 is 0. The van der Waals surface area contributed by atoms with Crippen LogP contribution >= 0.6 is 0 Å². The van der Waals surface area contributed by atoms with Crippen LogP contribution in [0.4, 0.5) is 0 Å². The normalized spacial score (nSPS) is 15.4. The Morgan fingerprint density at radius 2 is 1.75 bits per heavy atom. The quantitative estimate of drug-likeness (QED) is 0.563. The molecule has 0 amide bonds. The van der Waals surface area contributed by atoms with Crippen LogP contribution in [0.25, 0.3) is 0 Å². The maximum atomic E-state index is 9.44. The molecule has 16 heavy (non-hydrogen) atoms. The number of rotatable bonds is 10. The summed E-state index contributed by atoms with van der Waals surface area (Å²) in [6.07, 6.45) is 7.58. The maximum absolute atomic E-state index is 9.44. The summed E-state index contributed by atoms with van der Waals surface area (Å²) in [6, 6.07) is 0. The molecule has 0 aliphatic carbocycles. The maximum Gasteiger partial charge on any atom is 0.0610 e. The molecule has 0 rings (SSSR count). The molecule has 0 saturated carbocycles. The number of aliphatic hydroxyl groups excluding tert-OH is 1. The van der Waals surface area contributed by atoms with Crippen molar-refractivity contribution in [3.63, 3.8) is 0 Å². The molecule has 0 bridgehead atoms. The van der Waals surface area contributed by atoms with Crippen LogP contribution in [0.15, 0.2) is 0 Å². The van der Waals surface area contributed by atoms with Gasteiger partial charge < -0.3 is 10.4 Å².